The molecule has 0 aromatic heterocycles. The molecule has 78 valence electrons. The maximum atomic E-state index is 5.84. The average molecular weight is 191 g/mol. The van der Waals surface area contributed by atoms with Crippen molar-refractivity contribution >= 4 is 0 Å². The lowest BCUT2D eigenvalue weighted by Gasteiger charge is -2.15. The summed E-state index contributed by atoms with van der Waals surface area (Å²) in [6, 6.07) is 9.14. The molecule has 1 rings (SSSR count). The van der Waals surface area contributed by atoms with E-state index in [4.69, 9.17) is 5.73 Å². The molecule has 1 nitrogen and oxygen atoms in total. The van der Waals surface area contributed by atoms with Crippen molar-refractivity contribution in [2.24, 2.45) is 11.7 Å². The number of hydrogen-bond donors (Lipinski definition) is 1. The van der Waals surface area contributed by atoms with Gasteiger partial charge >= 0.3 is 0 Å². The minimum atomic E-state index is 0.279. The summed E-state index contributed by atoms with van der Waals surface area (Å²) in [5.41, 5.74) is 8.64. The number of nitrogens with two attached hydrogens (primary N) is 1. The van der Waals surface area contributed by atoms with Crippen LogP contribution in [-0.2, 0) is 12.8 Å². The fraction of sp³-hybridized carbons (Fsp3) is 0.538. The van der Waals surface area contributed by atoms with Crippen LogP contribution in [0.1, 0.15) is 31.9 Å². The molecule has 0 aliphatic rings. The average Bonchev–Trinajstić information content (AvgIpc) is 2.19. The number of rotatable bonds is 4. The molecule has 0 fully saturated rings. The van der Waals surface area contributed by atoms with E-state index < -0.39 is 0 Å². The first kappa shape index (κ1) is 11.3. The molecule has 0 bridgehead atoms. The van der Waals surface area contributed by atoms with Gasteiger partial charge in [0, 0.05) is 6.04 Å². The summed E-state index contributed by atoms with van der Waals surface area (Å²) in [6.45, 7) is 6.46. The van der Waals surface area contributed by atoms with Gasteiger partial charge in [0.15, 0.2) is 0 Å². The van der Waals surface area contributed by atoms with E-state index in [-0.39, 0.29) is 6.04 Å². The van der Waals surface area contributed by atoms with Gasteiger partial charge in [0.25, 0.3) is 0 Å². The Morgan fingerprint density at radius 3 is 2.00 bits per heavy atom. The number of benzene rings is 1. The SMILES string of the molecule is CCc1ccc(CC(C)C(C)N)cc1. The van der Waals surface area contributed by atoms with Crippen molar-refractivity contribution in [3.05, 3.63) is 35.4 Å². The van der Waals surface area contributed by atoms with Gasteiger partial charge in [0.2, 0.25) is 0 Å². The molecule has 1 aromatic rings. The molecule has 1 heteroatoms. The molecule has 0 amide bonds. The molecule has 0 saturated carbocycles. The third kappa shape index (κ3) is 3.15. The second-order valence-corrected chi connectivity index (χ2v) is 4.21. The van der Waals surface area contributed by atoms with Crippen LogP contribution >= 0.6 is 0 Å². The highest BCUT2D eigenvalue weighted by atomic mass is 14.6. The summed E-state index contributed by atoms with van der Waals surface area (Å²) in [7, 11) is 0. The Bertz CT molecular complexity index is 261. The lowest BCUT2D eigenvalue weighted by Crippen LogP contribution is -2.25. The minimum absolute atomic E-state index is 0.279. The van der Waals surface area contributed by atoms with Crippen LogP contribution in [0.15, 0.2) is 24.3 Å². The lowest BCUT2D eigenvalue weighted by molar-refractivity contribution is 0.481. The van der Waals surface area contributed by atoms with E-state index in [0.717, 1.165) is 12.8 Å². The van der Waals surface area contributed by atoms with Crippen LogP contribution in [0.25, 0.3) is 0 Å². The quantitative estimate of drug-likeness (QED) is 0.778. The number of hydrogen-bond acceptors (Lipinski definition) is 1. The Labute approximate surface area is 87.3 Å². The summed E-state index contributed by atoms with van der Waals surface area (Å²) >= 11 is 0. The normalized spacial score (nSPS) is 15.1. The smallest absolute Gasteiger partial charge is 0.00393 e. The molecular formula is C13H21N. The molecule has 0 heterocycles. The van der Waals surface area contributed by atoms with E-state index in [1.165, 1.54) is 11.1 Å². The molecule has 1 aromatic carbocycles. The van der Waals surface area contributed by atoms with Crippen LogP contribution in [0.3, 0.4) is 0 Å². The van der Waals surface area contributed by atoms with Crippen molar-refractivity contribution in [1.29, 1.82) is 0 Å². The van der Waals surface area contributed by atoms with E-state index in [1.807, 2.05) is 0 Å². The predicted octanol–water partition coefficient (Wildman–Crippen LogP) is 2.77. The van der Waals surface area contributed by atoms with E-state index in [9.17, 15) is 0 Å². The molecular weight excluding hydrogens is 170 g/mol. The first-order valence-electron chi connectivity index (χ1n) is 5.47. The van der Waals surface area contributed by atoms with Gasteiger partial charge in [-0.25, -0.2) is 0 Å². The zero-order valence-electron chi connectivity index (χ0n) is 9.46. The van der Waals surface area contributed by atoms with E-state index in [0.29, 0.717) is 5.92 Å². The van der Waals surface area contributed by atoms with Crippen molar-refractivity contribution in [2.45, 2.75) is 39.7 Å². The standard InChI is InChI=1S/C13H21N/c1-4-12-5-7-13(8-6-12)9-10(2)11(3)14/h5-8,10-11H,4,9,14H2,1-3H3. The summed E-state index contributed by atoms with van der Waals surface area (Å²) in [5.74, 6) is 0.558. The zero-order chi connectivity index (χ0) is 10.6. The molecule has 0 aliphatic heterocycles. The van der Waals surface area contributed by atoms with Gasteiger partial charge in [-0.2, -0.15) is 0 Å². The van der Waals surface area contributed by atoms with E-state index >= 15 is 0 Å². The van der Waals surface area contributed by atoms with E-state index in [1.54, 1.807) is 0 Å². The Balaban J connectivity index is 2.59. The molecule has 0 radical (unpaired) electrons. The summed E-state index contributed by atoms with van der Waals surface area (Å²) in [6.07, 6.45) is 2.20. The minimum Gasteiger partial charge on any atom is -0.328 e. The van der Waals surface area contributed by atoms with Gasteiger partial charge in [-0.05, 0) is 36.8 Å². The molecule has 0 saturated heterocycles. The summed E-state index contributed by atoms with van der Waals surface area (Å²) < 4.78 is 0. The van der Waals surface area contributed by atoms with Crippen molar-refractivity contribution < 1.29 is 0 Å². The maximum absolute atomic E-state index is 5.84. The third-order valence-electron chi connectivity index (χ3n) is 2.89. The van der Waals surface area contributed by atoms with Crippen LogP contribution in [0.4, 0.5) is 0 Å². The second-order valence-electron chi connectivity index (χ2n) is 4.21. The molecule has 0 spiro atoms. The zero-order valence-corrected chi connectivity index (χ0v) is 9.46. The van der Waals surface area contributed by atoms with Crippen molar-refractivity contribution in [2.75, 3.05) is 0 Å². The Morgan fingerprint density at radius 2 is 1.57 bits per heavy atom. The van der Waals surface area contributed by atoms with Gasteiger partial charge in [0.05, 0.1) is 0 Å². The largest absolute Gasteiger partial charge is 0.328 e. The van der Waals surface area contributed by atoms with Crippen molar-refractivity contribution in [3.8, 4) is 0 Å². The first-order chi connectivity index (χ1) is 6.63. The third-order valence-corrected chi connectivity index (χ3v) is 2.89. The Morgan fingerprint density at radius 1 is 1.07 bits per heavy atom. The highest BCUT2D eigenvalue weighted by molar-refractivity contribution is 5.22. The Kier molecular flexibility index (Phi) is 4.15. The molecule has 2 N–H and O–H groups in total. The molecule has 14 heavy (non-hydrogen) atoms. The molecule has 0 aliphatic carbocycles. The highest BCUT2D eigenvalue weighted by Gasteiger charge is 2.07. The topological polar surface area (TPSA) is 26.0 Å². The van der Waals surface area contributed by atoms with Gasteiger partial charge in [-0.1, -0.05) is 38.1 Å². The summed E-state index contributed by atoms with van der Waals surface area (Å²) in [4.78, 5) is 0. The predicted molar refractivity (Wildman–Crippen MR) is 62.3 cm³/mol. The van der Waals surface area contributed by atoms with Crippen LogP contribution in [0.2, 0.25) is 0 Å². The molecule has 2 atom stereocenters. The summed E-state index contributed by atoms with van der Waals surface area (Å²) in [5, 5.41) is 0. The van der Waals surface area contributed by atoms with E-state index in [2.05, 4.69) is 45.0 Å². The van der Waals surface area contributed by atoms with Crippen LogP contribution in [0, 0.1) is 5.92 Å². The maximum Gasteiger partial charge on any atom is 0.00393 e. The number of aryl methyl sites for hydroxylation is 1. The van der Waals surface area contributed by atoms with Crippen LogP contribution in [-0.4, -0.2) is 6.04 Å². The fourth-order valence-corrected chi connectivity index (χ4v) is 1.47. The van der Waals surface area contributed by atoms with Gasteiger partial charge in [-0.3, -0.25) is 0 Å². The van der Waals surface area contributed by atoms with Gasteiger partial charge in [-0.15, -0.1) is 0 Å². The van der Waals surface area contributed by atoms with Gasteiger partial charge in [0.1, 0.15) is 0 Å². The van der Waals surface area contributed by atoms with Crippen LogP contribution in [0.5, 0.6) is 0 Å². The van der Waals surface area contributed by atoms with Gasteiger partial charge < -0.3 is 5.73 Å². The first-order valence-corrected chi connectivity index (χ1v) is 5.47. The van der Waals surface area contributed by atoms with Crippen molar-refractivity contribution in [3.63, 3.8) is 0 Å². The highest BCUT2D eigenvalue weighted by Crippen LogP contribution is 2.12. The monoisotopic (exact) mass is 191 g/mol. The fourth-order valence-electron chi connectivity index (χ4n) is 1.47. The second kappa shape index (κ2) is 5.16. The molecule has 2 unspecified atom stereocenters. The Hall–Kier alpha value is -0.820. The van der Waals surface area contributed by atoms with Crippen molar-refractivity contribution in [1.82, 2.24) is 0 Å². The van der Waals surface area contributed by atoms with Crippen LogP contribution < -0.4 is 5.73 Å². The lowest BCUT2D eigenvalue weighted by atomic mass is 9.95.